The number of fused-ring (bicyclic) bond motifs is 2. The minimum absolute atomic E-state index is 0.000115. The molecule has 0 aromatic rings. The van der Waals surface area contributed by atoms with E-state index in [2.05, 4.69) is 27.7 Å². The summed E-state index contributed by atoms with van der Waals surface area (Å²) in [4.78, 5) is 25.1. The average molecular weight is 306 g/mol. The van der Waals surface area contributed by atoms with Crippen LogP contribution in [0.4, 0.5) is 0 Å². The molecule has 2 fully saturated rings. The van der Waals surface area contributed by atoms with Gasteiger partial charge in [-0.05, 0) is 43.1 Å². The van der Waals surface area contributed by atoms with Gasteiger partial charge in [-0.2, -0.15) is 0 Å². The SMILES string of the molecule is CCCC[C@@H](/C=C1\C(=O)[C@]2(C)CC[C@@H]1C2(C)C)C(=O)OCC. The fraction of sp³-hybridized carbons (Fsp3) is 0.789. The zero-order valence-corrected chi connectivity index (χ0v) is 14.7. The number of carbonyl (C=O) groups is 2. The molecule has 0 spiro atoms. The monoisotopic (exact) mass is 306 g/mol. The van der Waals surface area contributed by atoms with Crippen molar-refractivity contribution < 1.29 is 14.3 Å². The van der Waals surface area contributed by atoms with Crippen LogP contribution >= 0.6 is 0 Å². The van der Waals surface area contributed by atoms with E-state index >= 15 is 0 Å². The molecule has 0 aromatic heterocycles. The molecule has 0 saturated heterocycles. The van der Waals surface area contributed by atoms with E-state index < -0.39 is 0 Å². The van der Waals surface area contributed by atoms with Gasteiger partial charge in [-0.1, -0.05) is 46.6 Å². The van der Waals surface area contributed by atoms with Gasteiger partial charge in [0.25, 0.3) is 0 Å². The van der Waals surface area contributed by atoms with Gasteiger partial charge in [0.05, 0.1) is 12.5 Å². The number of esters is 1. The topological polar surface area (TPSA) is 43.4 Å². The first-order valence-corrected chi connectivity index (χ1v) is 8.72. The number of ketones is 1. The van der Waals surface area contributed by atoms with Gasteiger partial charge in [0.2, 0.25) is 0 Å². The number of hydrogen-bond donors (Lipinski definition) is 0. The summed E-state index contributed by atoms with van der Waals surface area (Å²) in [5.41, 5.74) is 0.640. The van der Waals surface area contributed by atoms with Crippen molar-refractivity contribution in [3.63, 3.8) is 0 Å². The molecular formula is C19H30O3. The van der Waals surface area contributed by atoms with Crippen molar-refractivity contribution in [2.24, 2.45) is 22.7 Å². The van der Waals surface area contributed by atoms with Crippen LogP contribution in [0.25, 0.3) is 0 Å². The van der Waals surface area contributed by atoms with Gasteiger partial charge in [-0.25, -0.2) is 0 Å². The molecule has 22 heavy (non-hydrogen) atoms. The third kappa shape index (κ3) is 2.53. The Morgan fingerprint density at radius 1 is 1.36 bits per heavy atom. The number of allylic oxidation sites excluding steroid dienone is 1. The van der Waals surface area contributed by atoms with Gasteiger partial charge in [-0.3, -0.25) is 9.59 Å². The number of hydrogen-bond acceptors (Lipinski definition) is 3. The first kappa shape index (κ1) is 17.2. The van der Waals surface area contributed by atoms with Crippen LogP contribution in [0.1, 0.15) is 66.7 Å². The summed E-state index contributed by atoms with van der Waals surface area (Å²) in [6.07, 6.45) is 6.78. The molecule has 124 valence electrons. The second kappa shape index (κ2) is 6.17. The third-order valence-corrected chi connectivity index (χ3v) is 6.20. The normalized spacial score (nSPS) is 32.5. The maximum absolute atomic E-state index is 12.9. The molecule has 0 aliphatic heterocycles. The predicted molar refractivity (Wildman–Crippen MR) is 87.4 cm³/mol. The first-order valence-electron chi connectivity index (χ1n) is 8.72. The Morgan fingerprint density at radius 3 is 2.55 bits per heavy atom. The van der Waals surface area contributed by atoms with Crippen molar-refractivity contribution in [3.8, 4) is 0 Å². The summed E-state index contributed by atoms with van der Waals surface area (Å²) < 4.78 is 5.21. The number of rotatable bonds is 6. The summed E-state index contributed by atoms with van der Waals surface area (Å²) in [6, 6.07) is 0. The highest BCUT2D eigenvalue weighted by Gasteiger charge is 2.63. The standard InChI is InChI=1S/C19H30O3/c1-6-8-9-13(17(21)22-7-2)12-14-15-10-11-19(5,16(14)20)18(15,3)4/h12-13,15H,6-11H2,1-5H3/b14-12-/t13-,15-,19-/m0/s1. The van der Waals surface area contributed by atoms with E-state index in [1.165, 1.54) is 0 Å². The molecule has 0 N–H and O–H groups in total. The highest BCUT2D eigenvalue weighted by atomic mass is 16.5. The summed E-state index contributed by atoms with van der Waals surface area (Å²) in [5, 5.41) is 0. The molecule has 0 aromatic carbocycles. The quantitative estimate of drug-likeness (QED) is 0.542. The third-order valence-electron chi connectivity index (χ3n) is 6.20. The molecule has 3 nitrogen and oxygen atoms in total. The van der Waals surface area contributed by atoms with Crippen LogP contribution in [0.15, 0.2) is 11.6 Å². The highest BCUT2D eigenvalue weighted by Crippen LogP contribution is 2.65. The lowest BCUT2D eigenvalue weighted by Crippen LogP contribution is -2.32. The Hall–Kier alpha value is -1.12. The summed E-state index contributed by atoms with van der Waals surface area (Å²) >= 11 is 0. The van der Waals surface area contributed by atoms with E-state index in [0.29, 0.717) is 12.5 Å². The maximum atomic E-state index is 12.9. The van der Waals surface area contributed by atoms with Crippen molar-refractivity contribution in [1.82, 2.24) is 0 Å². The number of Topliss-reactive ketones (excluding diaryl/α,β-unsaturated/α-hetero) is 1. The van der Waals surface area contributed by atoms with Gasteiger partial charge in [-0.15, -0.1) is 0 Å². The molecule has 0 amide bonds. The van der Waals surface area contributed by atoms with Crippen LogP contribution < -0.4 is 0 Å². The highest BCUT2D eigenvalue weighted by molar-refractivity contribution is 6.05. The van der Waals surface area contributed by atoms with E-state index in [1.807, 2.05) is 13.0 Å². The molecule has 2 saturated carbocycles. The van der Waals surface area contributed by atoms with Crippen molar-refractivity contribution in [2.45, 2.75) is 66.7 Å². The van der Waals surface area contributed by atoms with Gasteiger partial charge in [0.15, 0.2) is 5.78 Å². The Labute approximate surface area is 134 Å². The Bertz CT molecular complexity index is 489. The van der Waals surface area contributed by atoms with Gasteiger partial charge < -0.3 is 4.74 Å². The molecule has 3 heteroatoms. The van der Waals surface area contributed by atoms with E-state index in [4.69, 9.17) is 4.74 Å². The lowest BCUT2D eigenvalue weighted by atomic mass is 9.70. The summed E-state index contributed by atoms with van der Waals surface area (Å²) in [7, 11) is 0. The van der Waals surface area contributed by atoms with Crippen molar-refractivity contribution >= 4 is 11.8 Å². The molecule has 0 heterocycles. The maximum Gasteiger partial charge on any atom is 0.312 e. The molecule has 3 atom stereocenters. The Balaban J connectivity index is 2.29. The first-order chi connectivity index (χ1) is 10.3. The van der Waals surface area contributed by atoms with E-state index in [1.54, 1.807) is 0 Å². The minimum Gasteiger partial charge on any atom is -0.466 e. The zero-order chi connectivity index (χ0) is 16.5. The molecular weight excluding hydrogens is 276 g/mol. The average Bonchev–Trinajstić information content (AvgIpc) is 2.77. The van der Waals surface area contributed by atoms with Gasteiger partial charge in [0, 0.05) is 5.41 Å². The molecule has 0 unspecified atom stereocenters. The largest absolute Gasteiger partial charge is 0.466 e. The molecule has 2 rings (SSSR count). The molecule has 2 bridgehead atoms. The van der Waals surface area contributed by atoms with Gasteiger partial charge in [0.1, 0.15) is 0 Å². The van der Waals surface area contributed by atoms with Crippen LogP contribution in [0, 0.1) is 22.7 Å². The van der Waals surface area contributed by atoms with Crippen LogP contribution in [-0.4, -0.2) is 18.4 Å². The van der Waals surface area contributed by atoms with Crippen LogP contribution in [0.3, 0.4) is 0 Å². The lowest BCUT2D eigenvalue weighted by Gasteiger charge is -2.31. The molecule has 2 aliphatic rings. The van der Waals surface area contributed by atoms with E-state index in [-0.39, 0.29) is 28.5 Å². The molecule has 0 radical (unpaired) electrons. The number of carbonyl (C=O) groups excluding carboxylic acids is 2. The number of ether oxygens (including phenoxy) is 1. The Morgan fingerprint density at radius 2 is 2.05 bits per heavy atom. The number of unbranched alkanes of at least 4 members (excludes halogenated alkanes) is 1. The van der Waals surface area contributed by atoms with Crippen molar-refractivity contribution in [2.75, 3.05) is 6.61 Å². The van der Waals surface area contributed by atoms with Crippen LogP contribution in [0.2, 0.25) is 0 Å². The van der Waals surface area contributed by atoms with Crippen molar-refractivity contribution in [3.05, 3.63) is 11.6 Å². The van der Waals surface area contributed by atoms with Crippen LogP contribution in [0.5, 0.6) is 0 Å². The smallest absolute Gasteiger partial charge is 0.312 e. The second-order valence-corrected chi connectivity index (χ2v) is 7.60. The van der Waals surface area contributed by atoms with E-state index in [9.17, 15) is 9.59 Å². The fourth-order valence-electron chi connectivity index (χ4n) is 4.28. The Kier molecular flexibility index (Phi) is 4.84. The van der Waals surface area contributed by atoms with Gasteiger partial charge >= 0.3 is 5.97 Å². The molecule has 2 aliphatic carbocycles. The lowest BCUT2D eigenvalue weighted by molar-refractivity contribution is -0.146. The predicted octanol–water partition coefficient (Wildman–Crippen LogP) is 4.31. The second-order valence-electron chi connectivity index (χ2n) is 7.60. The van der Waals surface area contributed by atoms with Crippen LogP contribution in [-0.2, 0) is 14.3 Å². The zero-order valence-electron chi connectivity index (χ0n) is 14.7. The van der Waals surface area contributed by atoms with Crippen molar-refractivity contribution in [1.29, 1.82) is 0 Å². The minimum atomic E-state index is -0.266. The summed E-state index contributed by atoms with van der Waals surface area (Å²) in [6.45, 7) is 10.8. The fourth-order valence-corrected chi connectivity index (χ4v) is 4.28. The van der Waals surface area contributed by atoms with E-state index in [0.717, 1.165) is 37.7 Å². The summed E-state index contributed by atoms with van der Waals surface area (Å²) in [5.74, 6) is 0.114.